The number of halogens is 3. The Bertz CT molecular complexity index is 889. The molecule has 0 aliphatic rings. The van der Waals surface area contributed by atoms with Crippen LogP contribution in [0.15, 0.2) is 66.9 Å². The standard InChI is InChI=1S/C20H16F3N3O/c1-13-15(10-11-17(25-13)20(21,22)23)19(27)26-18(14-7-3-2-4-8-14)16-9-5-6-12-24-16/h2-12,18H,1H3,(H,26,27). The van der Waals surface area contributed by atoms with Crippen LogP contribution in [0.25, 0.3) is 0 Å². The Hall–Kier alpha value is -3.22. The highest BCUT2D eigenvalue weighted by molar-refractivity contribution is 5.95. The Morgan fingerprint density at radius 1 is 1.00 bits per heavy atom. The third-order valence-electron chi connectivity index (χ3n) is 4.01. The van der Waals surface area contributed by atoms with Crippen LogP contribution in [0.2, 0.25) is 0 Å². The van der Waals surface area contributed by atoms with Gasteiger partial charge in [0.25, 0.3) is 5.91 Å². The van der Waals surface area contributed by atoms with Gasteiger partial charge in [0, 0.05) is 6.20 Å². The molecule has 4 nitrogen and oxygen atoms in total. The number of carbonyl (C=O) groups excluding carboxylic acids is 1. The van der Waals surface area contributed by atoms with Crippen molar-refractivity contribution in [3.63, 3.8) is 0 Å². The van der Waals surface area contributed by atoms with Crippen molar-refractivity contribution in [3.05, 3.63) is 95.1 Å². The van der Waals surface area contributed by atoms with E-state index in [0.29, 0.717) is 5.69 Å². The van der Waals surface area contributed by atoms with E-state index in [1.165, 1.54) is 6.92 Å². The van der Waals surface area contributed by atoms with Crippen LogP contribution in [-0.4, -0.2) is 15.9 Å². The van der Waals surface area contributed by atoms with Crippen molar-refractivity contribution in [2.24, 2.45) is 0 Å². The first-order valence-electron chi connectivity index (χ1n) is 8.18. The molecule has 1 unspecified atom stereocenters. The summed E-state index contributed by atoms with van der Waals surface area (Å²) in [6.07, 6.45) is -2.94. The molecule has 7 heteroatoms. The minimum Gasteiger partial charge on any atom is -0.339 e. The van der Waals surface area contributed by atoms with Crippen LogP contribution in [0.5, 0.6) is 0 Å². The SMILES string of the molecule is Cc1nc(C(F)(F)F)ccc1C(=O)NC(c1ccccc1)c1ccccn1. The maximum atomic E-state index is 12.8. The van der Waals surface area contributed by atoms with Gasteiger partial charge in [-0.3, -0.25) is 9.78 Å². The highest BCUT2D eigenvalue weighted by atomic mass is 19.4. The van der Waals surface area contributed by atoms with Crippen molar-refractivity contribution in [1.29, 1.82) is 0 Å². The van der Waals surface area contributed by atoms with E-state index in [1.807, 2.05) is 30.3 Å². The number of amides is 1. The van der Waals surface area contributed by atoms with Crippen molar-refractivity contribution in [1.82, 2.24) is 15.3 Å². The topological polar surface area (TPSA) is 54.9 Å². The highest BCUT2D eigenvalue weighted by Crippen LogP contribution is 2.28. The molecule has 0 spiro atoms. The fourth-order valence-electron chi connectivity index (χ4n) is 2.69. The molecule has 3 rings (SSSR count). The number of carbonyl (C=O) groups is 1. The number of pyridine rings is 2. The second kappa shape index (κ2) is 7.57. The van der Waals surface area contributed by atoms with Crippen LogP contribution in [0.3, 0.4) is 0 Å². The van der Waals surface area contributed by atoms with E-state index >= 15 is 0 Å². The predicted molar refractivity (Wildman–Crippen MR) is 94.0 cm³/mol. The molecular formula is C20H16F3N3O. The maximum Gasteiger partial charge on any atom is 0.433 e. The van der Waals surface area contributed by atoms with E-state index in [-0.39, 0.29) is 11.3 Å². The first kappa shape index (κ1) is 18.6. The van der Waals surface area contributed by atoms with Gasteiger partial charge in [-0.1, -0.05) is 36.4 Å². The number of nitrogens with one attached hydrogen (secondary N) is 1. The van der Waals surface area contributed by atoms with Crippen LogP contribution in [0, 0.1) is 6.92 Å². The molecule has 0 bridgehead atoms. The number of hydrogen-bond acceptors (Lipinski definition) is 3. The smallest absolute Gasteiger partial charge is 0.339 e. The van der Waals surface area contributed by atoms with Crippen molar-refractivity contribution < 1.29 is 18.0 Å². The van der Waals surface area contributed by atoms with E-state index in [4.69, 9.17) is 0 Å². The number of hydrogen-bond donors (Lipinski definition) is 1. The largest absolute Gasteiger partial charge is 0.433 e. The molecule has 0 aliphatic heterocycles. The first-order chi connectivity index (χ1) is 12.9. The number of aryl methyl sites for hydroxylation is 1. The fourth-order valence-corrected chi connectivity index (χ4v) is 2.69. The van der Waals surface area contributed by atoms with Crippen molar-refractivity contribution in [3.8, 4) is 0 Å². The van der Waals surface area contributed by atoms with Crippen LogP contribution >= 0.6 is 0 Å². The van der Waals surface area contributed by atoms with Crippen LogP contribution in [-0.2, 0) is 6.18 Å². The molecule has 1 N–H and O–H groups in total. The molecule has 1 aromatic carbocycles. The van der Waals surface area contributed by atoms with E-state index in [9.17, 15) is 18.0 Å². The number of aromatic nitrogens is 2. The summed E-state index contributed by atoms with van der Waals surface area (Å²) in [6, 6.07) is 16.0. The zero-order chi connectivity index (χ0) is 19.4. The van der Waals surface area contributed by atoms with Crippen molar-refractivity contribution in [2.75, 3.05) is 0 Å². The van der Waals surface area contributed by atoms with Crippen molar-refractivity contribution in [2.45, 2.75) is 19.1 Å². The zero-order valence-corrected chi connectivity index (χ0v) is 14.4. The summed E-state index contributed by atoms with van der Waals surface area (Å²) in [5, 5.41) is 2.84. The molecule has 0 saturated carbocycles. The summed E-state index contributed by atoms with van der Waals surface area (Å²) in [6.45, 7) is 1.38. The molecule has 138 valence electrons. The van der Waals surface area contributed by atoms with Gasteiger partial charge in [-0.05, 0) is 36.8 Å². The first-order valence-corrected chi connectivity index (χ1v) is 8.18. The normalized spacial score (nSPS) is 12.4. The zero-order valence-electron chi connectivity index (χ0n) is 14.4. The molecule has 3 aromatic rings. The summed E-state index contributed by atoms with van der Waals surface area (Å²) in [7, 11) is 0. The molecule has 1 amide bonds. The van der Waals surface area contributed by atoms with Gasteiger partial charge in [0.1, 0.15) is 5.69 Å². The Morgan fingerprint density at radius 3 is 2.30 bits per heavy atom. The van der Waals surface area contributed by atoms with Gasteiger partial charge >= 0.3 is 6.18 Å². The van der Waals surface area contributed by atoms with Crippen LogP contribution in [0.4, 0.5) is 13.2 Å². The Kier molecular flexibility index (Phi) is 5.21. The van der Waals surface area contributed by atoms with E-state index in [0.717, 1.165) is 17.7 Å². The van der Waals surface area contributed by atoms with Gasteiger partial charge in [0.2, 0.25) is 0 Å². The second-order valence-electron chi connectivity index (χ2n) is 5.90. The van der Waals surface area contributed by atoms with Gasteiger partial charge in [0.15, 0.2) is 0 Å². The lowest BCUT2D eigenvalue weighted by Gasteiger charge is -2.19. The Labute approximate surface area is 154 Å². The minimum absolute atomic E-state index is 0.00941. The van der Waals surface area contributed by atoms with Gasteiger partial charge in [-0.2, -0.15) is 13.2 Å². The molecular weight excluding hydrogens is 355 g/mol. The second-order valence-corrected chi connectivity index (χ2v) is 5.90. The number of rotatable bonds is 4. The third-order valence-corrected chi connectivity index (χ3v) is 4.01. The van der Waals surface area contributed by atoms with Crippen LogP contribution in [0.1, 0.15) is 39.0 Å². The molecule has 0 saturated heterocycles. The highest BCUT2D eigenvalue weighted by Gasteiger charge is 2.33. The Morgan fingerprint density at radius 2 is 1.70 bits per heavy atom. The summed E-state index contributed by atoms with van der Waals surface area (Å²) >= 11 is 0. The number of nitrogens with zero attached hydrogens (tertiary/aromatic N) is 2. The predicted octanol–water partition coefficient (Wildman–Crippen LogP) is 4.32. The van der Waals surface area contributed by atoms with Crippen molar-refractivity contribution >= 4 is 5.91 Å². The van der Waals surface area contributed by atoms with E-state index in [1.54, 1.807) is 24.4 Å². The molecule has 2 heterocycles. The molecule has 27 heavy (non-hydrogen) atoms. The van der Waals surface area contributed by atoms with E-state index < -0.39 is 23.8 Å². The van der Waals surface area contributed by atoms with Gasteiger partial charge in [-0.25, -0.2) is 4.98 Å². The summed E-state index contributed by atoms with van der Waals surface area (Å²) in [4.78, 5) is 20.5. The number of benzene rings is 1. The quantitative estimate of drug-likeness (QED) is 0.743. The maximum absolute atomic E-state index is 12.8. The molecule has 0 radical (unpaired) electrons. The molecule has 0 aliphatic carbocycles. The summed E-state index contributed by atoms with van der Waals surface area (Å²) < 4.78 is 38.3. The monoisotopic (exact) mass is 371 g/mol. The summed E-state index contributed by atoms with van der Waals surface area (Å²) in [5.74, 6) is -0.520. The van der Waals surface area contributed by atoms with Crippen LogP contribution < -0.4 is 5.32 Å². The summed E-state index contributed by atoms with van der Waals surface area (Å²) in [5.41, 5.74) is 0.493. The van der Waals surface area contributed by atoms with Gasteiger partial charge in [-0.15, -0.1) is 0 Å². The number of alkyl halides is 3. The lowest BCUT2D eigenvalue weighted by molar-refractivity contribution is -0.141. The third kappa shape index (κ3) is 4.31. The van der Waals surface area contributed by atoms with Gasteiger partial charge in [0.05, 0.1) is 23.0 Å². The fraction of sp³-hybridized carbons (Fsp3) is 0.150. The van der Waals surface area contributed by atoms with Gasteiger partial charge < -0.3 is 5.32 Å². The lowest BCUT2D eigenvalue weighted by atomic mass is 10.0. The average molecular weight is 371 g/mol. The molecule has 0 fully saturated rings. The molecule has 2 aromatic heterocycles. The van der Waals surface area contributed by atoms with E-state index in [2.05, 4.69) is 15.3 Å². The molecule has 1 atom stereocenters. The Balaban J connectivity index is 1.92. The average Bonchev–Trinajstić information content (AvgIpc) is 2.66. The minimum atomic E-state index is -4.56. The lowest BCUT2D eigenvalue weighted by Crippen LogP contribution is -2.30.